The number of nitrogens with zero attached hydrogens (tertiary/aromatic N) is 2. The van der Waals surface area contributed by atoms with Crippen molar-refractivity contribution in [3.63, 3.8) is 0 Å². The van der Waals surface area contributed by atoms with Gasteiger partial charge in [0.05, 0.1) is 23.1 Å². The minimum atomic E-state index is -4.20. The summed E-state index contributed by atoms with van der Waals surface area (Å²) < 4.78 is 21.3. The zero-order valence-electron chi connectivity index (χ0n) is 15.0. The van der Waals surface area contributed by atoms with Crippen LogP contribution >= 0.6 is 30.4 Å². The van der Waals surface area contributed by atoms with Gasteiger partial charge in [0.1, 0.15) is 5.69 Å². The Kier molecular flexibility index (Phi) is 10.4. The zero-order valence-corrected chi connectivity index (χ0v) is 18.1. The van der Waals surface area contributed by atoms with E-state index in [4.69, 9.17) is 4.52 Å². The molecule has 1 aromatic rings. The van der Waals surface area contributed by atoms with E-state index in [1.807, 2.05) is 22.6 Å². The maximum Gasteiger partial charge on any atom is 0.472 e. The van der Waals surface area contributed by atoms with Gasteiger partial charge in [-0.3, -0.25) is 34.1 Å². The van der Waals surface area contributed by atoms with Gasteiger partial charge in [-0.1, -0.05) is 22.6 Å². The molecule has 0 bridgehead atoms. The van der Waals surface area contributed by atoms with E-state index in [1.165, 1.54) is 0 Å². The second-order valence-corrected chi connectivity index (χ2v) is 7.76. The van der Waals surface area contributed by atoms with Crippen LogP contribution in [0.25, 0.3) is 0 Å². The minimum Gasteiger partial charge on any atom is -0.379 e. The molecule has 3 N–H and O–H groups in total. The summed E-state index contributed by atoms with van der Waals surface area (Å²) in [5.41, 5.74) is -2.27. The number of benzene rings is 1. The van der Waals surface area contributed by atoms with Gasteiger partial charge < -0.3 is 15.5 Å². The van der Waals surface area contributed by atoms with E-state index in [0.717, 1.165) is 12.1 Å². The number of phosphoric acid groups is 1. The molecule has 1 atom stereocenters. The van der Waals surface area contributed by atoms with Crippen molar-refractivity contribution < 1.29 is 33.1 Å². The molecule has 1 unspecified atom stereocenters. The molecule has 1 amide bonds. The highest BCUT2D eigenvalue weighted by atomic mass is 127. The van der Waals surface area contributed by atoms with Crippen LogP contribution in [-0.4, -0.2) is 51.4 Å². The molecule has 1 rings (SSSR count). The number of carbonyl (C=O) groups excluding carboxylic acids is 1. The van der Waals surface area contributed by atoms with Crippen LogP contribution in [-0.2, 0) is 13.6 Å². The summed E-state index contributed by atoms with van der Waals surface area (Å²) in [5, 5.41) is 27.5. The number of hydrogen-bond donors (Lipinski definition) is 3. The van der Waals surface area contributed by atoms with Crippen LogP contribution in [0, 0.1) is 27.2 Å². The first-order chi connectivity index (χ1) is 13.6. The summed E-state index contributed by atoms with van der Waals surface area (Å²) in [4.78, 5) is 42.6. The molecule has 0 aliphatic carbocycles. The lowest BCUT2D eigenvalue weighted by Gasteiger charge is -2.12. The predicted molar refractivity (Wildman–Crippen MR) is 111 cm³/mol. The van der Waals surface area contributed by atoms with Crippen LogP contribution < -0.4 is 10.6 Å². The van der Waals surface area contributed by atoms with Crippen LogP contribution in [0.3, 0.4) is 0 Å². The van der Waals surface area contributed by atoms with Crippen LogP contribution in [0.2, 0.25) is 0 Å². The van der Waals surface area contributed by atoms with Crippen molar-refractivity contribution in [3.8, 4) is 0 Å². The number of nitro benzene ring substituents is 2. The first-order valence-electron chi connectivity index (χ1n) is 8.09. The third-order valence-electron chi connectivity index (χ3n) is 3.27. The number of anilines is 1. The number of rotatable bonds is 13. The molecule has 15 heteroatoms. The van der Waals surface area contributed by atoms with Crippen molar-refractivity contribution in [2.24, 2.45) is 0 Å². The van der Waals surface area contributed by atoms with E-state index in [1.54, 1.807) is 0 Å². The second-order valence-electron chi connectivity index (χ2n) is 5.23. The summed E-state index contributed by atoms with van der Waals surface area (Å²) >= 11 is 1.95. The van der Waals surface area contributed by atoms with Gasteiger partial charge in [-0.25, -0.2) is 4.57 Å². The Morgan fingerprint density at radius 2 is 1.90 bits per heavy atom. The standard InChI is InChI=1S/C14H19IN4O9P/c1-2-16-10-4-5-11(18(21)22)12(13(10)19(23)24)14(20)17-7-3-8-27-29(25,26)28-9-6-15/h4-5,16H,1-3,6-9H2,(H,17,20)(H,25,26). The van der Waals surface area contributed by atoms with Crippen molar-refractivity contribution in [2.75, 3.05) is 36.0 Å². The van der Waals surface area contributed by atoms with Gasteiger partial charge in [0, 0.05) is 23.6 Å². The van der Waals surface area contributed by atoms with Crippen molar-refractivity contribution in [1.29, 1.82) is 0 Å². The third kappa shape index (κ3) is 7.81. The Morgan fingerprint density at radius 1 is 1.24 bits per heavy atom. The maximum atomic E-state index is 12.4. The molecule has 29 heavy (non-hydrogen) atoms. The summed E-state index contributed by atoms with van der Waals surface area (Å²) in [6.45, 7) is 3.20. The molecule has 0 aliphatic heterocycles. The number of nitrogens with one attached hydrogen (secondary N) is 2. The summed E-state index contributed by atoms with van der Waals surface area (Å²) in [6.07, 6.45) is 0.0578. The lowest BCUT2D eigenvalue weighted by Crippen LogP contribution is -2.27. The number of halogens is 1. The molecule has 0 fully saturated rings. The van der Waals surface area contributed by atoms with Gasteiger partial charge in [0.2, 0.25) is 0 Å². The predicted octanol–water partition coefficient (Wildman–Crippen LogP) is 2.44. The van der Waals surface area contributed by atoms with Crippen LogP contribution in [0.1, 0.15) is 16.8 Å². The van der Waals surface area contributed by atoms with E-state index in [9.17, 15) is 34.5 Å². The Bertz CT molecular complexity index is 808. The molecule has 0 saturated heterocycles. The zero-order chi connectivity index (χ0) is 22.0. The van der Waals surface area contributed by atoms with Gasteiger partial charge >= 0.3 is 13.5 Å². The van der Waals surface area contributed by atoms with Crippen molar-refractivity contribution >= 4 is 53.4 Å². The van der Waals surface area contributed by atoms with Crippen molar-refractivity contribution in [3.05, 3.63) is 44.8 Å². The number of hydrogen-bond acceptors (Lipinski definition) is 9. The highest BCUT2D eigenvalue weighted by molar-refractivity contribution is 14.1. The first-order valence-corrected chi connectivity index (χ1v) is 11.1. The van der Waals surface area contributed by atoms with E-state index in [-0.39, 0.29) is 38.4 Å². The molecule has 0 saturated carbocycles. The number of alkyl halides is 1. The Hall–Kier alpha value is -1.87. The normalized spacial score (nSPS) is 12.8. The van der Waals surface area contributed by atoms with E-state index in [2.05, 4.69) is 22.1 Å². The number of amides is 1. The third-order valence-corrected chi connectivity index (χ3v) is 4.73. The van der Waals surface area contributed by atoms with Gasteiger partial charge in [-0.15, -0.1) is 0 Å². The molecule has 161 valence electrons. The lowest BCUT2D eigenvalue weighted by molar-refractivity contribution is -0.394. The average molecular weight is 545 g/mol. The molecule has 0 aromatic heterocycles. The Balaban J connectivity index is 2.87. The quantitative estimate of drug-likeness (QED) is 0.0831. The highest BCUT2D eigenvalue weighted by Gasteiger charge is 2.33. The monoisotopic (exact) mass is 545 g/mol. The SMILES string of the molecule is [CH2]CNc1ccc([N+](=O)[O-])c(C(=O)NCCCOP(=O)(O)OCCI)c1[N+](=O)[O-]. The number of carbonyl (C=O) groups is 1. The van der Waals surface area contributed by atoms with Crippen molar-refractivity contribution in [2.45, 2.75) is 6.42 Å². The topological polar surface area (TPSA) is 183 Å². The van der Waals surface area contributed by atoms with Gasteiger partial charge in [0.15, 0.2) is 5.56 Å². The fraction of sp³-hybridized carbons (Fsp3) is 0.429. The molecular weight excluding hydrogens is 526 g/mol. The minimum absolute atomic E-state index is 0.0239. The van der Waals surface area contributed by atoms with Gasteiger partial charge in [-0.05, 0) is 19.4 Å². The Labute approximate surface area is 179 Å². The van der Waals surface area contributed by atoms with E-state index >= 15 is 0 Å². The molecule has 1 aromatic carbocycles. The molecule has 13 nitrogen and oxygen atoms in total. The fourth-order valence-corrected chi connectivity index (χ4v) is 3.48. The van der Waals surface area contributed by atoms with Gasteiger partial charge in [-0.2, -0.15) is 0 Å². The largest absolute Gasteiger partial charge is 0.472 e. The summed E-state index contributed by atoms with van der Waals surface area (Å²) in [6, 6.07) is 2.11. The van der Waals surface area contributed by atoms with Crippen LogP contribution in [0.4, 0.5) is 17.1 Å². The molecule has 1 radical (unpaired) electrons. The fourth-order valence-electron chi connectivity index (χ4n) is 2.15. The second kappa shape index (κ2) is 12.0. The van der Waals surface area contributed by atoms with Crippen LogP contribution in [0.15, 0.2) is 12.1 Å². The summed E-state index contributed by atoms with van der Waals surface area (Å²) in [7, 11) is -4.20. The maximum absolute atomic E-state index is 12.4. The van der Waals surface area contributed by atoms with E-state index in [0.29, 0.717) is 4.43 Å². The molecule has 0 heterocycles. The first kappa shape index (κ1) is 25.2. The Morgan fingerprint density at radius 3 is 2.45 bits per heavy atom. The van der Waals surface area contributed by atoms with E-state index < -0.39 is 40.5 Å². The number of phosphoric ester groups is 1. The van der Waals surface area contributed by atoms with Crippen molar-refractivity contribution in [1.82, 2.24) is 5.32 Å². The molecule has 0 spiro atoms. The molecular formula is C14H19IN4O9P. The lowest BCUT2D eigenvalue weighted by atomic mass is 10.1. The number of nitro groups is 2. The highest BCUT2D eigenvalue weighted by Crippen LogP contribution is 2.43. The smallest absolute Gasteiger partial charge is 0.379 e. The van der Waals surface area contributed by atoms with Crippen LogP contribution in [0.5, 0.6) is 0 Å². The molecule has 0 aliphatic rings. The van der Waals surface area contributed by atoms with Gasteiger partial charge in [0.25, 0.3) is 11.6 Å². The summed E-state index contributed by atoms with van der Waals surface area (Å²) in [5.74, 6) is -1.04. The average Bonchev–Trinajstić information content (AvgIpc) is 2.65.